The van der Waals surface area contributed by atoms with Crippen molar-refractivity contribution in [3.05, 3.63) is 65.5 Å². The van der Waals surface area contributed by atoms with Gasteiger partial charge in [0.25, 0.3) is 0 Å². The Kier molecular flexibility index (Phi) is 6.51. The molecule has 1 aliphatic heterocycles. The van der Waals surface area contributed by atoms with Crippen LogP contribution in [0.25, 0.3) is 0 Å². The van der Waals surface area contributed by atoms with Crippen molar-refractivity contribution in [2.45, 2.75) is 55.5 Å². The average molecular weight is 359 g/mol. The quantitative estimate of drug-likeness (QED) is 0.718. The fourth-order valence-corrected chi connectivity index (χ4v) is 4.35. The van der Waals surface area contributed by atoms with Crippen molar-refractivity contribution in [2.75, 3.05) is 6.54 Å². The van der Waals surface area contributed by atoms with E-state index in [0.717, 1.165) is 24.9 Å². The highest BCUT2D eigenvalue weighted by molar-refractivity contribution is 8.00. The lowest BCUT2D eigenvalue weighted by molar-refractivity contribution is 0.304. The van der Waals surface area contributed by atoms with Crippen molar-refractivity contribution >= 4 is 11.8 Å². The molecule has 1 aliphatic rings. The molecule has 1 heterocycles. The van der Waals surface area contributed by atoms with E-state index < -0.39 is 0 Å². The van der Waals surface area contributed by atoms with E-state index in [1.165, 1.54) is 10.5 Å². The predicted molar refractivity (Wildman–Crippen MR) is 104 cm³/mol. The number of benzene rings is 2. The molecule has 25 heavy (non-hydrogen) atoms. The summed E-state index contributed by atoms with van der Waals surface area (Å²) in [7, 11) is 0. The monoisotopic (exact) mass is 358 g/mol. The first-order valence-electron chi connectivity index (χ1n) is 9.10. The Hall–Kier alpha value is -1.36. The molecule has 0 saturated carbocycles. The molecular formula is C21H27FN2S. The molecule has 134 valence electrons. The van der Waals surface area contributed by atoms with Crippen molar-refractivity contribution in [2.24, 2.45) is 0 Å². The first kappa shape index (κ1) is 18.4. The second-order valence-corrected chi connectivity index (χ2v) is 8.51. The van der Waals surface area contributed by atoms with E-state index in [0.29, 0.717) is 23.9 Å². The van der Waals surface area contributed by atoms with E-state index in [9.17, 15) is 4.39 Å². The van der Waals surface area contributed by atoms with E-state index in [2.05, 4.69) is 54.8 Å². The standard InChI is InChI=1S/C21H27FN2S/c1-15(2)25-20-11-10-18(22)13-17(20)14-24-19-9-6-12-23-21(19)16-7-4-3-5-8-16/h3-5,7-8,10-11,13,15,19,21,23-24H,6,9,12,14H2,1-2H3/t19-,21-/m1/s1. The van der Waals surface area contributed by atoms with Crippen LogP contribution < -0.4 is 10.6 Å². The molecule has 4 heteroatoms. The van der Waals surface area contributed by atoms with Crippen molar-refractivity contribution < 1.29 is 4.39 Å². The van der Waals surface area contributed by atoms with Crippen LogP contribution in [0.3, 0.4) is 0 Å². The number of piperidine rings is 1. The molecule has 0 unspecified atom stereocenters. The number of hydrogen-bond acceptors (Lipinski definition) is 3. The van der Waals surface area contributed by atoms with Gasteiger partial charge < -0.3 is 10.6 Å². The highest BCUT2D eigenvalue weighted by Crippen LogP contribution is 2.29. The lowest BCUT2D eigenvalue weighted by atomic mass is 9.92. The van der Waals surface area contributed by atoms with Gasteiger partial charge in [0.05, 0.1) is 0 Å². The van der Waals surface area contributed by atoms with Crippen LogP contribution >= 0.6 is 11.8 Å². The molecule has 2 aromatic rings. The molecule has 1 saturated heterocycles. The van der Waals surface area contributed by atoms with Crippen molar-refractivity contribution in [3.8, 4) is 0 Å². The van der Waals surface area contributed by atoms with Gasteiger partial charge in [-0.25, -0.2) is 4.39 Å². The SMILES string of the molecule is CC(C)Sc1ccc(F)cc1CN[C@@H]1CCCN[C@@H]1c1ccccc1. The van der Waals surface area contributed by atoms with Crippen LogP contribution in [0, 0.1) is 5.82 Å². The molecule has 2 aromatic carbocycles. The van der Waals surface area contributed by atoms with Gasteiger partial charge >= 0.3 is 0 Å². The molecule has 0 aromatic heterocycles. The molecule has 2 atom stereocenters. The minimum Gasteiger partial charge on any atom is -0.309 e. The normalized spacial score (nSPS) is 20.8. The van der Waals surface area contributed by atoms with Crippen LogP contribution in [0.1, 0.15) is 43.9 Å². The fourth-order valence-electron chi connectivity index (χ4n) is 3.42. The van der Waals surface area contributed by atoms with E-state index in [1.54, 1.807) is 23.9 Å². The van der Waals surface area contributed by atoms with Crippen LogP contribution in [0.15, 0.2) is 53.4 Å². The zero-order valence-corrected chi connectivity index (χ0v) is 15.8. The largest absolute Gasteiger partial charge is 0.309 e. The van der Waals surface area contributed by atoms with Crippen LogP contribution in [-0.2, 0) is 6.54 Å². The summed E-state index contributed by atoms with van der Waals surface area (Å²) in [6.45, 7) is 6.08. The second-order valence-electron chi connectivity index (χ2n) is 6.89. The third-order valence-corrected chi connectivity index (χ3v) is 5.68. The third kappa shape index (κ3) is 5.06. The van der Waals surface area contributed by atoms with Gasteiger partial charge in [-0.1, -0.05) is 44.2 Å². The summed E-state index contributed by atoms with van der Waals surface area (Å²) in [6.07, 6.45) is 2.30. The summed E-state index contributed by atoms with van der Waals surface area (Å²) in [5.74, 6) is -0.161. The fraction of sp³-hybridized carbons (Fsp3) is 0.429. The van der Waals surface area contributed by atoms with Gasteiger partial charge in [-0.3, -0.25) is 0 Å². The maximum atomic E-state index is 13.7. The van der Waals surface area contributed by atoms with Gasteiger partial charge in [0.15, 0.2) is 0 Å². The number of nitrogens with one attached hydrogen (secondary N) is 2. The Morgan fingerprint density at radius 2 is 2.00 bits per heavy atom. The maximum Gasteiger partial charge on any atom is 0.123 e. The van der Waals surface area contributed by atoms with Gasteiger partial charge in [-0.15, -0.1) is 11.8 Å². The topological polar surface area (TPSA) is 24.1 Å². The zero-order chi connectivity index (χ0) is 17.6. The summed E-state index contributed by atoms with van der Waals surface area (Å²) >= 11 is 1.80. The highest BCUT2D eigenvalue weighted by atomic mass is 32.2. The van der Waals surface area contributed by atoms with Crippen LogP contribution in [0.4, 0.5) is 4.39 Å². The number of rotatable bonds is 6. The van der Waals surface area contributed by atoms with E-state index in [4.69, 9.17) is 0 Å². The summed E-state index contributed by atoms with van der Waals surface area (Å²) in [5.41, 5.74) is 2.37. The lowest BCUT2D eigenvalue weighted by Crippen LogP contribution is -2.45. The molecule has 1 fully saturated rings. The predicted octanol–water partition coefficient (Wildman–Crippen LogP) is 4.91. The van der Waals surface area contributed by atoms with Crippen molar-refractivity contribution in [1.82, 2.24) is 10.6 Å². The highest BCUT2D eigenvalue weighted by Gasteiger charge is 2.25. The van der Waals surface area contributed by atoms with E-state index >= 15 is 0 Å². The van der Waals surface area contributed by atoms with E-state index in [1.807, 2.05) is 6.07 Å². The zero-order valence-electron chi connectivity index (χ0n) is 15.0. The summed E-state index contributed by atoms with van der Waals surface area (Å²) in [4.78, 5) is 1.17. The molecule has 3 rings (SSSR count). The number of hydrogen-bond donors (Lipinski definition) is 2. The Labute approximate surface area is 154 Å². The molecule has 2 N–H and O–H groups in total. The average Bonchev–Trinajstić information content (AvgIpc) is 2.62. The number of halogens is 1. The maximum absolute atomic E-state index is 13.7. The Balaban J connectivity index is 1.72. The first-order valence-corrected chi connectivity index (χ1v) is 9.98. The van der Waals surface area contributed by atoms with Crippen LogP contribution in [0.2, 0.25) is 0 Å². The lowest BCUT2D eigenvalue weighted by Gasteiger charge is -2.34. The van der Waals surface area contributed by atoms with Gasteiger partial charge in [-0.2, -0.15) is 0 Å². The minimum absolute atomic E-state index is 0.161. The van der Waals surface area contributed by atoms with Crippen LogP contribution in [-0.4, -0.2) is 17.8 Å². The van der Waals surface area contributed by atoms with E-state index in [-0.39, 0.29) is 5.82 Å². The van der Waals surface area contributed by atoms with Crippen molar-refractivity contribution in [1.29, 1.82) is 0 Å². The smallest absolute Gasteiger partial charge is 0.123 e. The molecule has 0 spiro atoms. The van der Waals surface area contributed by atoms with Crippen LogP contribution in [0.5, 0.6) is 0 Å². The molecule has 0 bridgehead atoms. The summed E-state index contributed by atoms with van der Waals surface area (Å²) in [5, 5.41) is 7.81. The van der Waals surface area contributed by atoms with Crippen molar-refractivity contribution in [3.63, 3.8) is 0 Å². The Bertz CT molecular complexity index is 675. The van der Waals surface area contributed by atoms with Gasteiger partial charge in [0.2, 0.25) is 0 Å². The molecule has 2 nitrogen and oxygen atoms in total. The Morgan fingerprint density at radius 3 is 2.76 bits per heavy atom. The molecule has 0 radical (unpaired) electrons. The molecular weight excluding hydrogens is 331 g/mol. The van der Waals surface area contributed by atoms with Gasteiger partial charge in [0, 0.05) is 28.8 Å². The third-order valence-electron chi connectivity index (χ3n) is 4.56. The summed E-state index contributed by atoms with van der Waals surface area (Å²) in [6, 6.07) is 16.4. The number of thioether (sulfide) groups is 1. The molecule has 0 amide bonds. The second kappa shape index (κ2) is 8.84. The molecule has 0 aliphatic carbocycles. The minimum atomic E-state index is -0.161. The Morgan fingerprint density at radius 1 is 1.20 bits per heavy atom. The first-order chi connectivity index (χ1) is 12.1. The van der Waals surface area contributed by atoms with Gasteiger partial charge in [0.1, 0.15) is 5.82 Å². The summed E-state index contributed by atoms with van der Waals surface area (Å²) < 4.78 is 13.7. The van der Waals surface area contributed by atoms with Gasteiger partial charge in [-0.05, 0) is 48.7 Å².